The van der Waals surface area contributed by atoms with Gasteiger partial charge in [-0.1, -0.05) is 24.3 Å². The largest absolute Gasteiger partial charge is 0.395 e. The molecule has 1 saturated carbocycles. The van der Waals surface area contributed by atoms with Gasteiger partial charge in [0.2, 0.25) is 5.91 Å². The maximum atomic E-state index is 14.9. The highest BCUT2D eigenvalue weighted by Gasteiger charge is 2.28. The van der Waals surface area contributed by atoms with Crippen molar-refractivity contribution >= 4 is 22.6 Å². The maximum absolute atomic E-state index is 14.9. The van der Waals surface area contributed by atoms with E-state index in [4.69, 9.17) is 9.94 Å². The standard InChI is InChI=1S/C27H33F2N5O3.C6H10/c1-17(33(2)37-3)18-6-9-34(10-7-18)27-23-15-21(28)14-22(26(23)31-16-32-27)19-4-5-20(24(29)12-19)13-25(36)30-8-11-35;1-2-3-6-4-5-6/h4-5,12,14-18,35H,6-11,13H2,1-3H3,(H,30,36);2-3,6H,4-5H2,1H3/b;3-2-. The number of nitrogens with one attached hydrogen (secondary N) is 1. The molecule has 1 unspecified atom stereocenters. The van der Waals surface area contributed by atoms with Crippen molar-refractivity contribution in [1.29, 1.82) is 0 Å². The summed E-state index contributed by atoms with van der Waals surface area (Å²) in [6.07, 6.45) is 10.5. The van der Waals surface area contributed by atoms with Gasteiger partial charge < -0.3 is 20.2 Å². The Kier molecular flexibility index (Phi) is 11.6. The summed E-state index contributed by atoms with van der Waals surface area (Å²) in [7, 11) is 3.60. The third-order valence-electron chi connectivity index (χ3n) is 8.30. The van der Waals surface area contributed by atoms with Crippen LogP contribution in [0, 0.1) is 23.5 Å². The number of fused-ring (bicyclic) bond motifs is 1. The van der Waals surface area contributed by atoms with Gasteiger partial charge in [-0.15, -0.1) is 0 Å². The summed E-state index contributed by atoms with van der Waals surface area (Å²) in [4.78, 5) is 28.3. The number of anilines is 1. The van der Waals surface area contributed by atoms with Crippen molar-refractivity contribution in [3.63, 3.8) is 0 Å². The number of rotatable bonds is 10. The first kappa shape index (κ1) is 32.4. The Morgan fingerprint density at radius 2 is 1.93 bits per heavy atom. The van der Waals surface area contributed by atoms with Gasteiger partial charge in [-0.2, -0.15) is 5.06 Å². The molecule has 1 amide bonds. The Hall–Kier alpha value is -3.47. The molecular formula is C33H43F2N5O3. The summed E-state index contributed by atoms with van der Waals surface area (Å²) < 4.78 is 29.7. The van der Waals surface area contributed by atoms with E-state index in [0.717, 1.165) is 31.8 Å². The summed E-state index contributed by atoms with van der Waals surface area (Å²) in [6.45, 7) is 5.69. The van der Waals surface area contributed by atoms with Crippen molar-refractivity contribution in [3.8, 4) is 11.1 Å². The maximum Gasteiger partial charge on any atom is 0.224 e. The number of halogens is 2. The third kappa shape index (κ3) is 8.55. The quantitative estimate of drug-likeness (QED) is 0.243. The zero-order valence-electron chi connectivity index (χ0n) is 25.5. The van der Waals surface area contributed by atoms with Crippen LogP contribution < -0.4 is 10.2 Å². The van der Waals surface area contributed by atoms with Crippen LogP contribution in [-0.2, 0) is 16.1 Å². The molecule has 2 fully saturated rings. The average molecular weight is 596 g/mol. The monoisotopic (exact) mass is 595 g/mol. The fourth-order valence-corrected chi connectivity index (χ4v) is 5.50. The van der Waals surface area contributed by atoms with E-state index in [-0.39, 0.29) is 37.1 Å². The van der Waals surface area contributed by atoms with E-state index in [9.17, 15) is 13.6 Å². The third-order valence-corrected chi connectivity index (χ3v) is 8.30. The Morgan fingerprint density at radius 3 is 2.53 bits per heavy atom. The summed E-state index contributed by atoms with van der Waals surface area (Å²) in [6, 6.07) is 7.52. The number of hydroxylamine groups is 2. The molecule has 2 aliphatic rings. The van der Waals surface area contributed by atoms with Gasteiger partial charge in [-0.3, -0.25) is 4.79 Å². The van der Waals surface area contributed by atoms with Crippen molar-refractivity contribution in [2.75, 3.05) is 45.3 Å². The molecule has 2 heterocycles. The fourth-order valence-electron chi connectivity index (χ4n) is 5.50. The highest BCUT2D eigenvalue weighted by molar-refractivity contribution is 5.99. The van der Waals surface area contributed by atoms with E-state index < -0.39 is 11.6 Å². The second kappa shape index (κ2) is 15.3. The van der Waals surface area contributed by atoms with Gasteiger partial charge in [0.15, 0.2) is 0 Å². The number of hydrogen-bond acceptors (Lipinski definition) is 7. The van der Waals surface area contributed by atoms with Crippen molar-refractivity contribution in [1.82, 2.24) is 20.3 Å². The number of aliphatic hydroxyl groups excluding tert-OH is 1. The number of aromatic nitrogens is 2. The fraction of sp³-hybridized carbons (Fsp3) is 0.485. The molecule has 0 radical (unpaired) electrons. The average Bonchev–Trinajstić information content (AvgIpc) is 3.84. The number of nitrogens with zero attached hydrogens (tertiary/aromatic N) is 4. The molecule has 0 spiro atoms. The summed E-state index contributed by atoms with van der Waals surface area (Å²) in [5, 5.41) is 13.8. The van der Waals surface area contributed by atoms with Crippen LogP contribution in [0.25, 0.3) is 22.0 Å². The van der Waals surface area contributed by atoms with Gasteiger partial charge in [-0.05, 0) is 80.7 Å². The smallest absolute Gasteiger partial charge is 0.224 e. The molecule has 3 aromatic rings. The highest BCUT2D eigenvalue weighted by atomic mass is 19.1. The number of benzene rings is 2. The Balaban J connectivity index is 0.000000628. The molecular weight excluding hydrogens is 552 g/mol. The van der Waals surface area contributed by atoms with Gasteiger partial charge in [0.1, 0.15) is 23.8 Å². The Labute approximate surface area is 252 Å². The predicted molar refractivity (Wildman–Crippen MR) is 165 cm³/mol. The van der Waals surface area contributed by atoms with E-state index in [2.05, 4.69) is 46.2 Å². The van der Waals surface area contributed by atoms with E-state index >= 15 is 0 Å². The number of carbonyl (C=O) groups is 1. The van der Waals surface area contributed by atoms with Crippen molar-refractivity contribution in [3.05, 3.63) is 66.0 Å². The molecule has 5 rings (SSSR count). The number of hydrogen-bond donors (Lipinski definition) is 2. The van der Waals surface area contributed by atoms with Gasteiger partial charge in [0, 0.05) is 43.7 Å². The van der Waals surface area contributed by atoms with Gasteiger partial charge in [-0.25, -0.2) is 18.7 Å². The molecule has 1 saturated heterocycles. The van der Waals surface area contributed by atoms with Crippen LogP contribution in [0.2, 0.25) is 0 Å². The summed E-state index contributed by atoms with van der Waals surface area (Å²) in [5.74, 6) is 0.678. The van der Waals surface area contributed by atoms with Crippen molar-refractivity contribution < 1.29 is 23.5 Å². The van der Waals surface area contributed by atoms with Crippen LogP contribution in [0.1, 0.15) is 45.1 Å². The minimum Gasteiger partial charge on any atom is -0.395 e. The lowest BCUT2D eigenvalue weighted by Gasteiger charge is -2.38. The lowest BCUT2D eigenvalue weighted by Crippen LogP contribution is -2.42. The molecule has 2 aromatic carbocycles. The predicted octanol–water partition coefficient (Wildman–Crippen LogP) is 5.30. The number of carbonyl (C=O) groups excluding carboxylic acids is 1. The highest BCUT2D eigenvalue weighted by Crippen LogP contribution is 2.35. The molecule has 2 N–H and O–H groups in total. The lowest BCUT2D eigenvalue weighted by molar-refractivity contribution is -0.150. The Morgan fingerprint density at radius 1 is 1.19 bits per heavy atom. The molecule has 232 valence electrons. The zero-order chi connectivity index (χ0) is 30.9. The molecule has 10 heteroatoms. The van der Waals surface area contributed by atoms with E-state index in [1.54, 1.807) is 13.2 Å². The lowest BCUT2D eigenvalue weighted by atomic mass is 9.90. The normalized spacial score (nSPS) is 16.4. The molecule has 1 aliphatic heterocycles. The number of piperidine rings is 1. The first-order valence-electron chi connectivity index (χ1n) is 15.0. The minimum atomic E-state index is -0.569. The SMILES string of the molecule is C/C=C\C1CC1.CON(C)C(C)C1CCN(c2ncnc3c(-c4ccc(CC(=O)NCCO)c(F)c4)cc(F)cc23)CC1. The first-order chi connectivity index (χ1) is 20.7. The van der Waals surface area contributed by atoms with Crippen LogP contribution >= 0.6 is 0 Å². The van der Waals surface area contributed by atoms with E-state index in [0.29, 0.717) is 33.8 Å². The topological polar surface area (TPSA) is 90.8 Å². The summed E-state index contributed by atoms with van der Waals surface area (Å²) >= 11 is 0. The zero-order valence-corrected chi connectivity index (χ0v) is 25.5. The first-order valence-corrected chi connectivity index (χ1v) is 15.0. The molecule has 8 nitrogen and oxygen atoms in total. The van der Waals surface area contributed by atoms with Crippen LogP contribution in [0.3, 0.4) is 0 Å². The molecule has 1 atom stereocenters. The summed E-state index contributed by atoms with van der Waals surface area (Å²) in [5.41, 5.74) is 1.67. The molecule has 0 bridgehead atoms. The van der Waals surface area contributed by atoms with Crippen LogP contribution in [0.5, 0.6) is 0 Å². The number of aliphatic hydroxyl groups is 1. The Bertz CT molecular complexity index is 1410. The van der Waals surface area contributed by atoms with Crippen LogP contribution in [0.4, 0.5) is 14.6 Å². The van der Waals surface area contributed by atoms with E-state index in [1.807, 2.05) is 12.1 Å². The van der Waals surface area contributed by atoms with Crippen LogP contribution in [0.15, 0.2) is 48.8 Å². The second-order valence-electron chi connectivity index (χ2n) is 11.3. The molecule has 1 aliphatic carbocycles. The van der Waals surface area contributed by atoms with Gasteiger partial charge in [0.25, 0.3) is 0 Å². The molecule has 1 aromatic heterocycles. The van der Waals surface area contributed by atoms with Crippen LogP contribution in [-0.4, -0.2) is 72.5 Å². The second-order valence-corrected chi connectivity index (χ2v) is 11.3. The minimum absolute atomic E-state index is 0.108. The van der Waals surface area contributed by atoms with Gasteiger partial charge >= 0.3 is 0 Å². The van der Waals surface area contributed by atoms with Gasteiger partial charge in [0.05, 0.1) is 25.7 Å². The number of allylic oxidation sites excluding steroid dienone is 2. The molecule has 43 heavy (non-hydrogen) atoms. The van der Waals surface area contributed by atoms with E-state index in [1.165, 1.54) is 43.4 Å². The van der Waals surface area contributed by atoms with Crippen molar-refractivity contribution in [2.45, 2.75) is 52.0 Å². The number of amides is 1. The van der Waals surface area contributed by atoms with Crippen molar-refractivity contribution in [2.24, 2.45) is 11.8 Å².